The van der Waals surface area contributed by atoms with Crippen molar-refractivity contribution < 1.29 is 9.59 Å². The molecule has 3 rings (SSSR count). The summed E-state index contributed by atoms with van der Waals surface area (Å²) < 4.78 is 0.836. The van der Waals surface area contributed by atoms with E-state index >= 15 is 0 Å². The van der Waals surface area contributed by atoms with E-state index in [1.807, 2.05) is 43.3 Å². The molecule has 0 aromatic heterocycles. The van der Waals surface area contributed by atoms with E-state index in [9.17, 15) is 9.59 Å². The lowest BCUT2D eigenvalue weighted by Crippen LogP contribution is -2.44. The molecule has 2 aromatic carbocycles. The molecular formula is C18H17BrN2O2S. The summed E-state index contributed by atoms with van der Waals surface area (Å²) in [6.45, 7) is 1.99. The van der Waals surface area contributed by atoms with E-state index in [2.05, 4.69) is 21.2 Å². The quantitative estimate of drug-likeness (QED) is 0.843. The van der Waals surface area contributed by atoms with Crippen molar-refractivity contribution in [2.24, 2.45) is 0 Å². The molecule has 0 unspecified atom stereocenters. The van der Waals surface area contributed by atoms with Gasteiger partial charge in [-0.25, -0.2) is 0 Å². The van der Waals surface area contributed by atoms with E-state index in [1.54, 1.807) is 28.8 Å². The number of amides is 2. The van der Waals surface area contributed by atoms with E-state index in [0.717, 1.165) is 15.7 Å². The van der Waals surface area contributed by atoms with Crippen LogP contribution in [0.3, 0.4) is 0 Å². The van der Waals surface area contributed by atoms with Crippen LogP contribution in [0.5, 0.6) is 0 Å². The van der Waals surface area contributed by atoms with Gasteiger partial charge in [0.15, 0.2) is 0 Å². The van der Waals surface area contributed by atoms with Crippen molar-refractivity contribution in [2.75, 3.05) is 16.9 Å². The van der Waals surface area contributed by atoms with Gasteiger partial charge in [0.1, 0.15) is 6.04 Å². The van der Waals surface area contributed by atoms with Crippen LogP contribution in [0.15, 0.2) is 53.0 Å². The summed E-state index contributed by atoms with van der Waals surface area (Å²) in [4.78, 5) is 26.9. The average molecular weight is 405 g/mol. The lowest BCUT2D eigenvalue weighted by molar-refractivity contribution is -0.119. The van der Waals surface area contributed by atoms with Gasteiger partial charge in [-0.1, -0.05) is 24.3 Å². The molecule has 0 spiro atoms. The zero-order valence-electron chi connectivity index (χ0n) is 13.2. The van der Waals surface area contributed by atoms with Crippen LogP contribution in [0.4, 0.5) is 5.69 Å². The molecule has 1 heterocycles. The van der Waals surface area contributed by atoms with Crippen LogP contribution >= 0.6 is 27.7 Å². The minimum absolute atomic E-state index is 0.108. The number of aryl methyl sites for hydroxylation is 1. The summed E-state index contributed by atoms with van der Waals surface area (Å²) >= 11 is 5.06. The molecule has 1 aliphatic rings. The van der Waals surface area contributed by atoms with Crippen LogP contribution < -0.4 is 5.32 Å². The molecule has 4 nitrogen and oxygen atoms in total. The Morgan fingerprint density at radius 3 is 2.67 bits per heavy atom. The van der Waals surface area contributed by atoms with Gasteiger partial charge in [0.2, 0.25) is 5.91 Å². The first kappa shape index (κ1) is 17.0. The topological polar surface area (TPSA) is 49.4 Å². The number of carbonyl (C=O) groups is 2. The third kappa shape index (κ3) is 3.65. The fourth-order valence-electron chi connectivity index (χ4n) is 2.54. The smallest absolute Gasteiger partial charge is 0.255 e. The van der Waals surface area contributed by atoms with Gasteiger partial charge in [-0.2, -0.15) is 0 Å². The lowest BCUT2D eigenvalue weighted by Gasteiger charge is -2.23. The highest BCUT2D eigenvalue weighted by molar-refractivity contribution is 9.10. The van der Waals surface area contributed by atoms with Gasteiger partial charge in [-0.3, -0.25) is 9.59 Å². The molecule has 1 N–H and O–H groups in total. The van der Waals surface area contributed by atoms with Gasteiger partial charge in [-0.15, -0.1) is 11.8 Å². The van der Waals surface area contributed by atoms with Crippen molar-refractivity contribution in [3.05, 3.63) is 64.1 Å². The molecule has 0 aliphatic carbocycles. The van der Waals surface area contributed by atoms with Crippen molar-refractivity contribution >= 4 is 45.2 Å². The largest absolute Gasteiger partial charge is 0.323 e. The molecule has 1 aliphatic heterocycles. The van der Waals surface area contributed by atoms with Crippen molar-refractivity contribution in [2.45, 2.75) is 13.0 Å². The molecule has 2 amide bonds. The van der Waals surface area contributed by atoms with Crippen molar-refractivity contribution in [3.8, 4) is 0 Å². The highest BCUT2D eigenvalue weighted by atomic mass is 79.9. The molecule has 2 aromatic rings. The number of thioether (sulfide) groups is 1. The Morgan fingerprint density at radius 1 is 1.21 bits per heavy atom. The van der Waals surface area contributed by atoms with E-state index < -0.39 is 6.04 Å². The standard InChI is InChI=1S/C18H17BrN2O2S/c1-12-7-8-15(14(19)9-12)20-17(22)16-10-24-11-21(16)18(23)13-5-3-2-4-6-13/h2-9,16H,10-11H2,1H3,(H,20,22)/t16-/m0/s1. The van der Waals surface area contributed by atoms with Crippen LogP contribution in [0.25, 0.3) is 0 Å². The Hall–Kier alpha value is -1.79. The van der Waals surface area contributed by atoms with Crippen LogP contribution in [0.2, 0.25) is 0 Å². The minimum atomic E-state index is -0.462. The second-order valence-electron chi connectivity index (χ2n) is 5.63. The van der Waals surface area contributed by atoms with Crippen LogP contribution in [0, 0.1) is 6.92 Å². The molecule has 0 radical (unpaired) electrons. The number of benzene rings is 2. The number of nitrogens with zero attached hydrogens (tertiary/aromatic N) is 1. The molecule has 24 heavy (non-hydrogen) atoms. The zero-order chi connectivity index (χ0) is 17.1. The average Bonchev–Trinajstić information content (AvgIpc) is 3.07. The van der Waals surface area contributed by atoms with Gasteiger partial charge < -0.3 is 10.2 Å². The first-order valence-corrected chi connectivity index (χ1v) is 9.52. The number of nitrogens with one attached hydrogen (secondary N) is 1. The van der Waals surface area contributed by atoms with Gasteiger partial charge in [-0.05, 0) is 52.7 Å². The molecule has 0 saturated carbocycles. The van der Waals surface area contributed by atoms with E-state index in [1.165, 1.54) is 0 Å². The Kier molecular flexibility index (Phi) is 5.26. The highest BCUT2D eigenvalue weighted by Gasteiger charge is 2.35. The zero-order valence-corrected chi connectivity index (χ0v) is 15.6. The van der Waals surface area contributed by atoms with Gasteiger partial charge in [0.25, 0.3) is 5.91 Å². The summed E-state index contributed by atoms with van der Waals surface area (Å²) in [7, 11) is 0. The fraction of sp³-hybridized carbons (Fsp3) is 0.222. The molecule has 1 atom stereocenters. The predicted molar refractivity (Wildman–Crippen MR) is 101 cm³/mol. The fourth-order valence-corrected chi connectivity index (χ4v) is 4.29. The minimum Gasteiger partial charge on any atom is -0.323 e. The molecular weight excluding hydrogens is 388 g/mol. The monoisotopic (exact) mass is 404 g/mol. The number of halogens is 1. The highest BCUT2D eigenvalue weighted by Crippen LogP contribution is 2.27. The Bertz CT molecular complexity index is 767. The first-order chi connectivity index (χ1) is 11.6. The second-order valence-corrected chi connectivity index (χ2v) is 7.48. The molecule has 0 bridgehead atoms. The summed E-state index contributed by atoms with van der Waals surface area (Å²) in [6.07, 6.45) is 0. The number of hydrogen-bond donors (Lipinski definition) is 1. The Labute approximate surface area is 153 Å². The number of carbonyl (C=O) groups excluding carboxylic acids is 2. The SMILES string of the molecule is Cc1ccc(NC(=O)[C@@H]2CSCN2C(=O)c2ccccc2)c(Br)c1. The van der Waals surface area contributed by atoms with Crippen LogP contribution in [0.1, 0.15) is 15.9 Å². The normalized spacial score (nSPS) is 16.9. The molecule has 1 saturated heterocycles. The summed E-state index contributed by atoms with van der Waals surface area (Å²) in [6, 6.07) is 14.4. The summed E-state index contributed by atoms with van der Waals surface area (Å²) in [5.74, 6) is 0.868. The van der Waals surface area contributed by atoms with E-state index in [4.69, 9.17) is 0 Å². The van der Waals surface area contributed by atoms with Gasteiger partial charge >= 0.3 is 0 Å². The second kappa shape index (κ2) is 7.40. The lowest BCUT2D eigenvalue weighted by atomic mass is 10.1. The summed E-state index contributed by atoms with van der Waals surface area (Å²) in [5, 5.41) is 2.92. The van der Waals surface area contributed by atoms with Crippen LogP contribution in [-0.2, 0) is 4.79 Å². The predicted octanol–water partition coefficient (Wildman–Crippen LogP) is 3.91. The van der Waals surface area contributed by atoms with E-state index in [0.29, 0.717) is 17.2 Å². The number of rotatable bonds is 3. The van der Waals surface area contributed by atoms with Crippen LogP contribution in [-0.4, -0.2) is 34.4 Å². The van der Waals surface area contributed by atoms with Gasteiger partial charge in [0.05, 0.1) is 11.6 Å². The molecule has 6 heteroatoms. The van der Waals surface area contributed by atoms with E-state index in [-0.39, 0.29) is 11.8 Å². The molecule has 1 fully saturated rings. The number of anilines is 1. The maximum absolute atomic E-state index is 12.7. The third-order valence-corrected chi connectivity index (χ3v) is 5.52. The summed E-state index contributed by atoms with van der Waals surface area (Å²) in [5.41, 5.74) is 2.43. The van der Waals surface area contributed by atoms with Gasteiger partial charge in [0, 0.05) is 15.8 Å². The first-order valence-electron chi connectivity index (χ1n) is 7.57. The Morgan fingerprint density at radius 2 is 1.96 bits per heavy atom. The maximum atomic E-state index is 12.7. The van der Waals surface area contributed by atoms with Crippen molar-refractivity contribution in [1.29, 1.82) is 0 Å². The Balaban J connectivity index is 1.75. The van der Waals surface area contributed by atoms with Crippen molar-refractivity contribution in [3.63, 3.8) is 0 Å². The van der Waals surface area contributed by atoms with Crippen molar-refractivity contribution in [1.82, 2.24) is 4.90 Å². The number of hydrogen-bond acceptors (Lipinski definition) is 3. The molecule has 124 valence electrons. The maximum Gasteiger partial charge on any atom is 0.255 e. The third-order valence-electron chi connectivity index (χ3n) is 3.85.